The van der Waals surface area contributed by atoms with Crippen LogP contribution in [0, 0.1) is 5.92 Å². The maximum Gasteiger partial charge on any atom is 0.307 e. The minimum absolute atomic E-state index is 0.140. The van der Waals surface area contributed by atoms with Gasteiger partial charge in [0, 0.05) is 30.4 Å². The van der Waals surface area contributed by atoms with Crippen molar-refractivity contribution in [3.8, 4) is 17.0 Å². The smallest absolute Gasteiger partial charge is 0.307 e. The van der Waals surface area contributed by atoms with Crippen LogP contribution in [0.4, 0.5) is 0 Å². The minimum Gasteiger partial charge on any atom is -0.497 e. The predicted molar refractivity (Wildman–Crippen MR) is 102 cm³/mol. The number of methoxy groups -OCH3 is 1. The lowest BCUT2D eigenvalue weighted by Crippen LogP contribution is -2.28. The van der Waals surface area contributed by atoms with Gasteiger partial charge in [0.15, 0.2) is 0 Å². The topological polar surface area (TPSA) is 67.6 Å². The quantitative estimate of drug-likeness (QED) is 0.820. The summed E-state index contributed by atoms with van der Waals surface area (Å²) in [4.78, 5) is 13.1. The molecule has 1 aromatic carbocycles. The summed E-state index contributed by atoms with van der Waals surface area (Å²) in [6.45, 7) is 9.15. The van der Waals surface area contributed by atoms with Crippen molar-refractivity contribution in [1.82, 2.24) is 14.7 Å². The summed E-state index contributed by atoms with van der Waals surface area (Å²) in [7, 11) is 3.58. The second-order valence-corrected chi connectivity index (χ2v) is 7.79. The van der Waals surface area contributed by atoms with Crippen LogP contribution in [-0.4, -0.2) is 46.5 Å². The van der Waals surface area contributed by atoms with Gasteiger partial charge in [0.25, 0.3) is 0 Å². The van der Waals surface area contributed by atoms with Gasteiger partial charge in [-0.05, 0) is 40.0 Å². The number of hydrogen-bond donors (Lipinski definition) is 1. The van der Waals surface area contributed by atoms with Crippen LogP contribution < -0.4 is 4.74 Å². The van der Waals surface area contributed by atoms with Gasteiger partial charge in [-0.25, -0.2) is 0 Å². The summed E-state index contributed by atoms with van der Waals surface area (Å²) in [6.07, 6.45) is 2.05. The Bertz CT molecular complexity index is 762. The molecule has 2 rings (SSSR count). The fourth-order valence-electron chi connectivity index (χ4n) is 2.78. The molecule has 0 radical (unpaired) electrons. The van der Waals surface area contributed by atoms with Gasteiger partial charge in [0.2, 0.25) is 0 Å². The molecule has 0 spiro atoms. The molecule has 0 aliphatic heterocycles. The molecule has 6 heteroatoms. The SMILES string of the molecule is COc1cccc(-c2nn(C(C)(C)C)cc2CN(C)CC(C)C(=O)O)c1. The molecule has 2 aromatic rings. The van der Waals surface area contributed by atoms with Gasteiger partial charge in [0.05, 0.1) is 24.3 Å². The van der Waals surface area contributed by atoms with E-state index in [0.717, 1.165) is 22.6 Å². The van der Waals surface area contributed by atoms with Crippen LogP contribution in [0.3, 0.4) is 0 Å². The summed E-state index contributed by atoms with van der Waals surface area (Å²) < 4.78 is 7.30. The van der Waals surface area contributed by atoms with Crippen LogP contribution in [0.25, 0.3) is 11.3 Å². The molecule has 1 atom stereocenters. The van der Waals surface area contributed by atoms with E-state index in [9.17, 15) is 4.79 Å². The second kappa shape index (κ2) is 7.91. The van der Waals surface area contributed by atoms with Gasteiger partial charge < -0.3 is 14.7 Å². The Hall–Kier alpha value is -2.34. The maximum absolute atomic E-state index is 11.1. The van der Waals surface area contributed by atoms with Crippen molar-refractivity contribution in [1.29, 1.82) is 0 Å². The fraction of sp³-hybridized carbons (Fsp3) is 0.500. The van der Waals surface area contributed by atoms with Crippen molar-refractivity contribution < 1.29 is 14.6 Å². The monoisotopic (exact) mass is 359 g/mol. The standard InChI is InChI=1S/C20H29N3O3/c1-14(19(24)25)11-22(5)12-16-13-23(20(2,3)4)21-18(16)15-8-7-9-17(10-15)26-6/h7-10,13-14H,11-12H2,1-6H3,(H,24,25). The molecule has 0 saturated heterocycles. The van der Waals surface area contributed by atoms with E-state index in [2.05, 4.69) is 27.0 Å². The Morgan fingerprint density at radius 1 is 1.38 bits per heavy atom. The van der Waals surface area contributed by atoms with E-state index < -0.39 is 11.9 Å². The van der Waals surface area contributed by atoms with E-state index in [1.165, 1.54) is 0 Å². The van der Waals surface area contributed by atoms with Crippen molar-refractivity contribution in [3.63, 3.8) is 0 Å². The number of ether oxygens (including phenoxy) is 1. The highest BCUT2D eigenvalue weighted by atomic mass is 16.5. The second-order valence-electron chi connectivity index (χ2n) is 7.79. The molecule has 0 amide bonds. The number of benzene rings is 1. The average molecular weight is 359 g/mol. The molecule has 0 bridgehead atoms. The fourth-order valence-corrected chi connectivity index (χ4v) is 2.78. The van der Waals surface area contributed by atoms with Crippen molar-refractivity contribution in [2.24, 2.45) is 5.92 Å². The third-order valence-corrected chi connectivity index (χ3v) is 4.27. The Balaban J connectivity index is 2.37. The van der Waals surface area contributed by atoms with Crippen molar-refractivity contribution in [2.45, 2.75) is 39.8 Å². The lowest BCUT2D eigenvalue weighted by molar-refractivity contribution is -0.141. The van der Waals surface area contributed by atoms with Crippen LogP contribution in [0.15, 0.2) is 30.5 Å². The Morgan fingerprint density at radius 3 is 2.65 bits per heavy atom. The molecule has 0 aliphatic carbocycles. The molecule has 0 aliphatic rings. The van der Waals surface area contributed by atoms with Crippen LogP contribution >= 0.6 is 0 Å². The van der Waals surface area contributed by atoms with Gasteiger partial charge in [-0.2, -0.15) is 5.10 Å². The maximum atomic E-state index is 11.1. The normalized spacial score (nSPS) is 13.0. The van der Waals surface area contributed by atoms with Gasteiger partial charge in [-0.3, -0.25) is 9.48 Å². The van der Waals surface area contributed by atoms with Gasteiger partial charge in [-0.1, -0.05) is 19.1 Å². The molecule has 0 fully saturated rings. The molecular formula is C20H29N3O3. The highest BCUT2D eigenvalue weighted by Crippen LogP contribution is 2.28. The number of aliphatic carboxylic acids is 1. The lowest BCUT2D eigenvalue weighted by Gasteiger charge is -2.20. The minimum atomic E-state index is -0.782. The molecule has 0 saturated carbocycles. The first kappa shape index (κ1) is 20.0. The first-order valence-electron chi connectivity index (χ1n) is 8.76. The largest absolute Gasteiger partial charge is 0.497 e. The van der Waals surface area contributed by atoms with Crippen molar-refractivity contribution >= 4 is 5.97 Å². The van der Waals surface area contributed by atoms with E-state index in [1.807, 2.05) is 40.9 Å². The third kappa shape index (κ3) is 4.85. The van der Waals surface area contributed by atoms with Gasteiger partial charge in [-0.15, -0.1) is 0 Å². The van der Waals surface area contributed by atoms with Crippen LogP contribution in [0.1, 0.15) is 33.3 Å². The number of hydrogen-bond acceptors (Lipinski definition) is 4. The Labute approximate surface area is 155 Å². The summed E-state index contributed by atoms with van der Waals surface area (Å²) in [6, 6.07) is 7.84. The summed E-state index contributed by atoms with van der Waals surface area (Å²) in [5, 5.41) is 14.0. The molecule has 1 heterocycles. The first-order chi connectivity index (χ1) is 12.1. The summed E-state index contributed by atoms with van der Waals surface area (Å²) >= 11 is 0. The molecular weight excluding hydrogens is 330 g/mol. The number of rotatable bonds is 7. The number of carboxylic acid groups (broad SMARTS) is 1. The first-order valence-corrected chi connectivity index (χ1v) is 8.76. The zero-order valence-corrected chi connectivity index (χ0v) is 16.5. The van der Waals surface area contributed by atoms with Crippen LogP contribution in [0.2, 0.25) is 0 Å². The predicted octanol–water partition coefficient (Wildman–Crippen LogP) is 3.47. The van der Waals surface area contributed by atoms with Gasteiger partial charge >= 0.3 is 5.97 Å². The molecule has 142 valence electrons. The number of carbonyl (C=O) groups is 1. The van der Waals surface area contributed by atoms with E-state index in [4.69, 9.17) is 14.9 Å². The zero-order chi connectivity index (χ0) is 19.5. The van der Waals surface area contributed by atoms with E-state index >= 15 is 0 Å². The number of aromatic nitrogens is 2. The van der Waals surface area contributed by atoms with Gasteiger partial charge in [0.1, 0.15) is 5.75 Å². The number of nitrogens with zero attached hydrogens (tertiary/aromatic N) is 3. The van der Waals surface area contributed by atoms with E-state index in [-0.39, 0.29) is 5.54 Å². The van der Waals surface area contributed by atoms with Crippen LogP contribution in [-0.2, 0) is 16.9 Å². The van der Waals surface area contributed by atoms with Crippen LogP contribution in [0.5, 0.6) is 5.75 Å². The molecule has 26 heavy (non-hydrogen) atoms. The molecule has 1 unspecified atom stereocenters. The van der Waals surface area contributed by atoms with Crippen molar-refractivity contribution in [3.05, 3.63) is 36.0 Å². The van der Waals surface area contributed by atoms with E-state index in [0.29, 0.717) is 13.1 Å². The highest BCUT2D eigenvalue weighted by molar-refractivity contribution is 5.69. The number of carboxylic acids is 1. The third-order valence-electron chi connectivity index (χ3n) is 4.27. The molecule has 1 aromatic heterocycles. The van der Waals surface area contributed by atoms with E-state index in [1.54, 1.807) is 14.0 Å². The molecule has 1 N–H and O–H groups in total. The Kier molecular flexibility index (Phi) is 6.08. The molecule has 6 nitrogen and oxygen atoms in total. The lowest BCUT2D eigenvalue weighted by atomic mass is 10.1. The zero-order valence-electron chi connectivity index (χ0n) is 16.5. The Morgan fingerprint density at radius 2 is 2.08 bits per heavy atom. The summed E-state index contributed by atoms with van der Waals surface area (Å²) in [5.41, 5.74) is 2.81. The highest BCUT2D eigenvalue weighted by Gasteiger charge is 2.21. The average Bonchev–Trinajstić information content (AvgIpc) is 2.98. The summed E-state index contributed by atoms with van der Waals surface area (Å²) in [5.74, 6) is -0.417. The van der Waals surface area contributed by atoms with Crippen molar-refractivity contribution in [2.75, 3.05) is 20.7 Å².